The zero-order valence-corrected chi connectivity index (χ0v) is 13.5. The van der Waals surface area contributed by atoms with E-state index in [1.54, 1.807) is 7.11 Å². The molecule has 0 amide bonds. The molecule has 0 spiro atoms. The van der Waals surface area contributed by atoms with Crippen molar-refractivity contribution in [1.82, 2.24) is 9.55 Å². The summed E-state index contributed by atoms with van der Waals surface area (Å²) in [5, 5.41) is 1.19. The molecule has 4 heteroatoms. The Bertz CT molecular complexity index is 910. The van der Waals surface area contributed by atoms with Crippen molar-refractivity contribution >= 4 is 16.6 Å². The molecule has 116 valence electrons. The summed E-state index contributed by atoms with van der Waals surface area (Å²) in [6, 6.07) is 12.5. The Labute approximate surface area is 135 Å². The van der Waals surface area contributed by atoms with Gasteiger partial charge in [-0.3, -0.25) is 0 Å². The number of allylic oxidation sites excluding steroid dienone is 1. The van der Waals surface area contributed by atoms with Gasteiger partial charge in [-0.2, -0.15) is 0 Å². The maximum absolute atomic E-state index is 5.58. The third kappa shape index (κ3) is 2.27. The first-order chi connectivity index (χ1) is 11.2. The van der Waals surface area contributed by atoms with Gasteiger partial charge in [-0.15, -0.1) is 0 Å². The monoisotopic (exact) mass is 305 g/mol. The van der Waals surface area contributed by atoms with Crippen LogP contribution in [0, 0.1) is 13.8 Å². The van der Waals surface area contributed by atoms with Crippen LogP contribution in [0.1, 0.15) is 23.1 Å². The summed E-state index contributed by atoms with van der Waals surface area (Å²) in [5.74, 6) is 0.859. The summed E-state index contributed by atoms with van der Waals surface area (Å²) >= 11 is 0. The van der Waals surface area contributed by atoms with Gasteiger partial charge >= 0.3 is 0 Å². The third-order valence-corrected chi connectivity index (χ3v) is 4.29. The molecule has 1 atom stereocenters. The Kier molecular flexibility index (Phi) is 3.11. The summed E-state index contributed by atoms with van der Waals surface area (Å²) in [7, 11) is 1.70. The standard InChI is InChI=1S/C19H19N3O/c1-12-8-13(2)22(11-12)19-18(23-3)10-17(21-19)16-9-14-6-4-5-7-15(14)20-16/h4-11,19-20H,1-3H3. The van der Waals surface area contributed by atoms with Crippen molar-refractivity contribution < 1.29 is 4.74 Å². The average Bonchev–Trinajstić information content (AvgIpc) is 3.22. The first-order valence-corrected chi connectivity index (χ1v) is 7.72. The van der Waals surface area contributed by atoms with Gasteiger partial charge in [0.15, 0.2) is 6.17 Å². The maximum Gasteiger partial charge on any atom is 0.183 e. The second-order valence-corrected chi connectivity index (χ2v) is 5.98. The average molecular weight is 305 g/mol. The second kappa shape index (κ2) is 5.16. The number of H-pyrrole nitrogens is 1. The Balaban J connectivity index is 1.78. The summed E-state index contributed by atoms with van der Waals surface area (Å²) < 4.78 is 7.73. The molecule has 1 aromatic carbocycles. The van der Waals surface area contributed by atoms with Crippen LogP contribution in [-0.4, -0.2) is 22.4 Å². The highest BCUT2D eigenvalue weighted by molar-refractivity contribution is 6.11. The molecule has 0 fully saturated rings. The quantitative estimate of drug-likeness (QED) is 0.777. The third-order valence-electron chi connectivity index (χ3n) is 4.29. The number of fused-ring (bicyclic) bond motifs is 1. The van der Waals surface area contributed by atoms with Crippen LogP contribution >= 0.6 is 0 Å². The van der Waals surface area contributed by atoms with Gasteiger partial charge in [0.2, 0.25) is 0 Å². The highest BCUT2D eigenvalue weighted by Crippen LogP contribution is 2.30. The molecule has 1 aliphatic rings. The number of aliphatic imine (C=N–C) groups is 1. The zero-order valence-electron chi connectivity index (χ0n) is 13.5. The summed E-state index contributed by atoms with van der Waals surface area (Å²) in [6.07, 6.45) is 4.00. The molecule has 0 aliphatic carbocycles. The van der Waals surface area contributed by atoms with Gasteiger partial charge in [0.1, 0.15) is 5.76 Å². The van der Waals surface area contributed by atoms with Crippen LogP contribution in [0.3, 0.4) is 0 Å². The van der Waals surface area contributed by atoms with Crippen molar-refractivity contribution in [3.63, 3.8) is 0 Å². The van der Waals surface area contributed by atoms with Crippen LogP contribution < -0.4 is 0 Å². The molecular weight excluding hydrogens is 286 g/mol. The van der Waals surface area contributed by atoms with E-state index in [9.17, 15) is 0 Å². The molecule has 1 aliphatic heterocycles. The van der Waals surface area contributed by atoms with Crippen molar-refractivity contribution in [2.75, 3.05) is 7.11 Å². The fourth-order valence-electron chi connectivity index (χ4n) is 3.19. The number of ether oxygens (including phenoxy) is 1. The number of rotatable bonds is 3. The Morgan fingerprint density at radius 2 is 2.00 bits per heavy atom. The minimum Gasteiger partial charge on any atom is -0.497 e. The van der Waals surface area contributed by atoms with Crippen molar-refractivity contribution in [2.24, 2.45) is 4.99 Å². The van der Waals surface area contributed by atoms with E-state index in [-0.39, 0.29) is 6.17 Å². The second-order valence-electron chi connectivity index (χ2n) is 5.98. The normalized spacial score (nSPS) is 17.4. The summed E-state index contributed by atoms with van der Waals surface area (Å²) in [4.78, 5) is 8.31. The lowest BCUT2D eigenvalue weighted by atomic mass is 10.2. The van der Waals surface area contributed by atoms with Gasteiger partial charge in [0.25, 0.3) is 0 Å². The Morgan fingerprint density at radius 3 is 2.70 bits per heavy atom. The number of aromatic nitrogens is 2. The van der Waals surface area contributed by atoms with Gasteiger partial charge < -0.3 is 14.3 Å². The number of benzene rings is 1. The lowest BCUT2D eigenvalue weighted by Crippen LogP contribution is -2.08. The number of aromatic amines is 1. The number of para-hydroxylation sites is 1. The SMILES string of the molecule is COC1=CC(c2cc3ccccc3[nH]2)=NC1n1cc(C)cc1C. The van der Waals surface area contributed by atoms with Crippen LogP contribution in [0.15, 0.2) is 59.4 Å². The van der Waals surface area contributed by atoms with E-state index in [0.717, 1.165) is 22.7 Å². The molecule has 2 aromatic heterocycles. The molecule has 1 unspecified atom stereocenters. The van der Waals surface area contributed by atoms with Crippen LogP contribution in [0.25, 0.3) is 10.9 Å². The first-order valence-electron chi connectivity index (χ1n) is 7.72. The minimum atomic E-state index is -0.130. The predicted octanol–water partition coefficient (Wildman–Crippen LogP) is 4.12. The number of hydrogen-bond donors (Lipinski definition) is 1. The number of aryl methyl sites for hydroxylation is 2. The van der Waals surface area contributed by atoms with Gasteiger partial charge in [-0.05, 0) is 37.6 Å². The van der Waals surface area contributed by atoms with Gasteiger partial charge in [0, 0.05) is 28.9 Å². The molecule has 0 radical (unpaired) electrons. The first kappa shape index (κ1) is 13.9. The van der Waals surface area contributed by atoms with Gasteiger partial charge in [-0.25, -0.2) is 4.99 Å². The summed E-state index contributed by atoms with van der Waals surface area (Å²) in [6.45, 7) is 4.19. The molecular formula is C19H19N3O. The molecule has 1 N–H and O–H groups in total. The lowest BCUT2D eigenvalue weighted by molar-refractivity contribution is 0.248. The van der Waals surface area contributed by atoms with E-state index >= 15 is 0 Å². The number of hydrogen-bond acceptors (Lipinski definition) is 2. The van der Waals surface area contributed by atoms with E-state index in [0.29, 0.717) is 0 Å². The van der Waals surface area contributed by atoms with Gasteiger partial charge in [0.05, 0.1) is 18.5 Å². The molecule has 0 saturated carbocycles. The Morgan fingerprint density at radius 1 is 1.17 bits per heavy atom. The number of nitrogens with one attached hydrogen (secondary N) is 1. The van der Waals surface area contributed by atoms with Gasteiger partial charge in [-0.1, -0.05) is 18.2 Å². The van der Waals surface area contributed by atoms with Crippen LogP contribution in [0.5, 0.6) is 0 Å². The van der Waals surface area contributed by atoms with E-state index in [2.05, 4.69) is 53.9 Å². The largest absolute Gasteiger partial charge is 0.497 e. The summed E-state index contributed by atoms with van der Waals surface area (Å²) in [5.41, 5.74) is 5.47. The fourth-order valence-corrected chi connectivity index (χ4v) is 3.19. The molecule has 4 nitrogen and oxygen atoms in total. The van der Waals surface area contributed by atoms with Crippen molar-refractivity contribution in [3.05, 3.63) is 71.4 Å². The van der Waals surface area contributed by atoms with E-state index < -0.39 is 0 Å². The van der Waals surface area contributed by atoms with Crippen molar-refractivity contribution in [3.8, 4) is 0 Å². The minimum absolute atomic E-state index is 0.130. The molecule has 0 saturated heterocycles. The lowest BCUT2D eigenvalue weighted by Gasteiger charge is -2.15. The smallest absolute Gasteiger partial charge is 0.183 e. The molecule has 4 rings (SSSR count). The Hall–Kier alpha value is -2.75. The van der Waals surface area contributed by atoms with Crippen LogP contribution in [-0.2, 0) is 4.74 Å². The number of nitrogens with zero attached hydrogens (tertiary/aromatic N) is 2. The van der Waals surface area contributed by atoms with Crippen LogP contribution in [0.2, 0.25) is 0 Å². The predicted molar refractivity (Wildman–Crippen MR) is 92.9 cm³/mol. The van der Waals surface area contributed by atoms with Crippen molar-refractivity contribution in [1.29, 1.82) is 0 Å². The highest BCUT2D eigenvalue weighted by atomic mass is 16.5. The number of methoxy groups -OCH3 is 1. The molecule has 23 heavy (non-hydrogen) atoms. The maximum atomic E-state index is 5.58. The zero-order chi connectivity index (χ0) is 16.0. The van der Waals surface area contributed by atoms with Crippen LogP contribution in [0.4, 0.5) is 0 Å². The highest BCUT2D eigenvalue weighted by Gasteiger charge is 2.25. The molecule has 3 heterocycles. The van der Waals surface area contributed by atoms with E-state index in [1.165, 1.54) is 16.6 Å². The molecule has 0 bridgehead atoms. The molecule has 3 aromatic rings. The fraction of sp³-hybridized carbons (Fsp3) is 0.211. The van der Waals surface area contributed by atoms with Crippen molar-refractivity contribution in [2.45, 2.75) is 20.0 Å². The topological polar surface area (TPSA) is 42.3 Å². The van der Waals surface area contributed by atoms with E-state index in [1.807, 2.05) is 18.2 Å². The van der Waals surface area contributed by atoms with E-state index in [4.69, 9.17) is 9.73 Å².